The molecule has 2 nitrogen and oxygen atoms in total. The van der Waals surface area contributed by atoms with Gasteiger partial charge in [0.2, 0.25) is 5.91 Å². The van der Waals surface area contributed by atoms with Gasteiger partial charge in [-0.1, -0.05) is 25.0 Å². The molecule has 2 aliphatic carbocycles. The SMILES string of the molecule is O=C(NCCSC1CCCC1)C1CC=CCC1. The maximum Gasteiger partial charge on any atom is 0.223 e. The van der Waals surface area contributed by atoms with Gasteiger partial charge in [0.1, 0.15) is 0 Å². The normalized spacial score (nSPS) is 25.1. The van der Waals surface area contributed by atoms with Crippen molar-refractivity contribution in [2.24, 2.45) is 5.92 Å². The Kier molecular flexibility index (Phi) is 5.43. The molecule has 96 valence electrons. The monoisotopic (exact) mass is 253 g/mol. The highest BCUT2D eigenvalue weighted by Crippen LogP contribution is 2.28. The summed E-state index contributed by atoms with van der Waals surface area (Å²) in [7, 11) is 0. The molecule has 1 atom stereocenters. The molecular weight excluding hydrogens is 230 g/mol. The van der Waals surface area contributed by atoms with Crippen LogP contribution in [0.25, 0.3) is 0 Å². The molecule has 0 aromatic rings. The second-order valence-electron chi connectivity index (χ2n) is 5.05. The first-order valence-corrected chi connectivity index (χ1v) is 7.95. The number of hydrogen-bond donors (Lipinski definition) is 1. The van der Waals surface area contributed by atoms with Crippen LogP contribution < -0.4 is 5.32 Å². The Morgan fingerprint density at radius 1 is 1.24 bits per heavy atom. The van der Waals surface area contributed by atoms with E-state index in [1.807, 2.05) is 11.8 Å². The van der Waals surface area contributed by atoms with E-state index in [-0.39, 0.29) is 11.8 Å². The predicted molar refractivity (Wildman–Crippen MR) is 74.2 cm³/mol. The van der Waals surface area contributed by atoms with Crippen molar-refractivity contribution in [3.05, 3.63) is 12.2 Å². The first-order valence-electron chi connectivity index (χ1n) is 6.90. The van der Waals surface area contributed by atoms with E-state index < -0.39 is 0 Å². The van der Waals surface area contributed by atoms with Crippen molar-refractivity contribution in [1.82, 2.24) is 5.32 Å². The van der Waals surface area contributed by atoms with E-state index in [0.29, 0.717) is 0 Å². The highest BCUT2D eigenvalue weighted by atomic mass is 32.2. The molecule has 0 bridgehead atoms. The van der Waals surface area contributed by atoms with Crippen molar-refractivity contribution in [2.45, 2.75) is 50.2 Å². The van der Waals surface area contributed by atoms with Crippen LogP contribution in [0.2, 0.25) is 0 Å². The fourth-order valence-electron chi connectivity index (χ4n) is 2.63. The number of allylic oxidation sites excluding steroid dienone is 2. The maximum atomic E-state index is 11.8. The van der Waals surface area contributed by atoms with E-state index in [0.717, 1.165) is 36.8 Å². The first kappa shape index (κ1) is 13.0. The zero-order chi connectivity index (χ0) is 11.9. The summed E-state index contributed by atoms with van der Waals surface area (Å²) >= 11 is 2.04. The van der Waals surface area contributed by atoms with Crippen LogP contribution in [0, 0.1) is 5.92 Å². The van der Waals surface area contributed by atoms with Gasteiger partial charge in [-0.3, -0.25) is 4.79 Å². The van der Waals surface area contributed by atoms with Crippen LogP contribution in [-0.2, 0) is 4.79 Å². The molecule has 3 heteroatoms. The Morgan fingerprint density at radius 3 is 2.76 bits per heavy atom. The quantitative estimate of drug-likeness (QED) is 0.602. The summed E-state index contributed by atoms with van der Waals surface area (Å²) in [6.07, 6.45) is 12.9. The summed E-state index contributed by atoms with van der Waals surface area (Å²) in [5.41, 5.74) is 0. The fraction of sp³-hybridized carbons (Fsp3) is 0.786. The topological polar surface area (TPSA) is 29.1 Å². The van der Waals surface area contributed by atoms with E-state index in [9.17, 15) is 4.79 Å². The number of nitrogens with one attached hydrogen (secondary N) is 1. The summed E-state index contributed by atoms with van der Waals surface area (Å²) in [6, 6.07) is 0. The van der Waals surface area contributed by atoms with Crippen LogP contribution in [0.5, 0.6) is 0 Å². The fourth-order valence-corrected chi connectivity index (χ4v) is 3.85. The van der Waals surface area contributed by atoms with Crippen LogP contribution >= 0.6 is 11.8 Å². The van der Waals surface area contributed by atoms with Crippen LogP contribution in [0.4, 0.5) is 0 Å². The zero-order valence-corrected chi connectivity index (χ0v) is 11.3. The number of amides is 1. The maximum absolute atomic E-state index is 11.8. The molecule has 0 aromatic carbocycles. The van der Waals surface area contributed by atoms with Gasteiger partial charge in [-0.2, -0.15) is 11.8 Å². The van der Waals surface area contributed by atoms with Crippen LogP contribution in [0.3, 0.4) is 0 Å². The molecule has 1 fully saturated rings. The van der Waals surface area contributed by atoms with Crippen LogP contribution in [0.15, 0.2) is 12.2 Å². The molecule has 0 aromatic heterocycles. The molecule has 2 aliphatic rings. The third kappa shape index (κ3) is 4.38. The third-order valence-electron chi connectivity index (χ3n) is 3.70. The number of carbonyl (C=O) groups excluding carboxylic acids is 1. The molecule has 0 heterocycles. The van der Waals surface area contributed by atoms with E-state index in [2.05, 4.69) is 17.5 Å². The second kappa shape index (κ2) is 7.10. The molecule has 2 rings (SSSR count). The van der Waals surface area contributed by atoms with Crippen molar-refractivity contribution >= 4 is 17.7 Å². The molecule has 0 saturated heterocycles. The summed E-state index contributed by atoms with van der Waals surface area (Å²) in [4.78, 5) is 11.8. The second-order valence-corrected chi connectivity index (χ2v) is 6.46. The minimum absolute atomic E-state index is 0.233. The van der Waals surface area contributed by atoms with Gasteiger partial charge in [-0.05, 0) is 32.1 Å². The Morgan fingerprint density at radius 2 is 2.06 bits per heavy atom. The molecule has 1 N–H and O–H groups in total. The van der Waals surface area contributed by atoms with E-state index in [1.54, 1.807) is 0 Å². The Hall–Kier alpha value is -0.440. The molecule has 1 saturated carbocycles. The van der Waals surface area contributed by atoms with Crippen molar-refractivity contribution in [3.63, 3.8) is 0 Å². The number of carbonyl (C=O) groups is 1. The smallest absolute Gasteiger partial charge is 0.223 e. The lowest BCUT2D eigenvalue weighted by atomic mass is 9.94. The first-order chi connectivity index (χ1) is 8.36. The van der Waals surface area contributed by atoms with Crippen molar-refractivity contribution in [3.8, 4) is 0 Å². The lowest BCUT2D eigenvalue weighted by Crippen LogP contribution is -2.32. The third-order valence-corrected chi connectivity index (χ3v) is 5.08. The van der Waals surface area contributed by atoms with E-state index >= 15 is 0 Å². The van der Waals surface area contributed by atoms with Crippen LogP contribution in [-0.4, -0.2) is 23.5 Å². The molecule has 0 radical (unpaired) electrons. The molecular formula is C14H23NOS. The summed E-state index contributed by atoms with van der Waals surface area (Å²) < 4.78 is 0. The standard InChI is InChI=1S/C14H23NOS/c16-14(12-6-2-1-3-7-12)15-10-11-17-13-8-4-5-9-13/h1-2,12-13H,3-11H2,(H,15,16). The predicted octanol–water partition coefficient (Wildman–Crippen LogP) is 3.13. The van der Waals surface area contributed by atoms with Crippen molar-refractivity contribution in [2.75, 3.05) is 12.3 Å². The minimum atomic E-state index is 0.233. The highest BCUT2D eigenvalue weighted by Gasteiger charge is 2.18. The van der Waals surface area contributed by atoms with Gasteiger partial charge < -0.3 is 5.32 Å². The highest BCUT2D eigenvalue weighted by molar-refractivity contribution is 7.99. The van der Waals surface area contributed by atoms with Gasteiger partial charge in [-0.15, -0.1) is 0 Å². The summed E-state index contributed by atoms with van der Waals surface area (Å²) in [6.45, 7) is 0.847. The Labute approximate surface area is 109 Å². The Balaban J connectivity index is 1.54. The van der Waals surface area contributed by atoms with Crippen molar-refractivity contribution in [1.29, 1.82) is 0 Å². The molecule has 0 aliphatic heterocycles. The number of rotatable bonds is 5. The lowest BCUT2D eigenvalue weighted by Gasteiger charge is -2.17. The van der Waals surface area contributed by atoms with Crippen molar-refractivity contribution < 1.29 is 4.79 Å². The van der Waals surface area contributed by atoms with Gasteiger partial charge in [0.05, 0.1) is 0 Å². The largest absolute Gasteiger partial charge is 0.355 e. The minimum Gasteiger partial charge on any atom is -0.355 e. The van der Waals surface area contributed by atoms with E-state index in [4.69, 9.17) is 0 Å². The average molecular weight is 253 g/mol. The summed E-state index contributed by atoms with van der Waals surface area (Å²) in [5.74, 6) is 1.58. The molecule has 0 spiro atoms. The zero-order valence-electron chi connectivity index (χ0n) is 10.5. The summed E-state index contributed by atoms with van der Waals surface area (Å²) in [5, 5.41) is 3.95. The molecule has 1 amide bonds. The van der Waals surface area contributed by atoms with Gasteiger partial charge >= 0.3 is 0 Å². The van der Waals surface area contributed by atoms with Gasteiger partial charge in [-0.25, -0.2) is 0 Å². The molecule has 17 heavy (non-hydrogen) atoms. The average Bonchev–Trinajstić information content (AvgIpc) is 2.88. The molecule has 1 unspecified atom stereocenters. The number of thioether (sulfide) groups is 1. The van der Waals surface area contributed by atoms with E-state index in [1.165, 1.54) is 25.7 Å². The van der Waals surface area contributed by atoms with Gasteiger partial charge in [0.25, 0.3) is 0 Å². The van der Waals surface area contributed by atoms with Gasteiger partial charge in [0, 0.05) is 23.5 Å². The lowest BCUT2D eigenvalue weighted by molar-refractivity contribution is -0.125. The Bertz CT molecular complexity index is 271. The number of hydrogen-bond acceptors (Lipinski definition) is 2. The van der Waals surface area contributed by atoms with Gasteiger partial charge in [0.15, 0.2) is 0 Å². The van der Waals surface area contributed by atoms with Crippen LogP contribution in [0.1, 0.15) is 44.9 Å².